The molecule has 6 nitrogen and oxygen atoms in total. The van der Waals surface area contributed by atoms with Crippen LogP contribution in [-0.2, 0) is 17.7 Å². The summed E-state index contributed by atoms with van der Waals surface area (Å²) >= 11 is 0. The molecule has 0 atom stereocenters. The van der Waals surface area contributed by atoms with E-state index in [9.17, 15) is 9.59 Å². The van der Waals surface area contributed by atoms with E-state index in [4.69, 9.17) is 9.47 Å². The SMILES string of the molecule is C/C=C/Cn1cc(-c2ccc(C(=O)N3CCOCC3)c(OCC3CC3)c2)c2c(c1=O)CC(C)=C2. The van der Waals surface area contributed by atoms with E-state index in [1.165, 1.54) is 18.4 Å². The molecule has 2 aromatic rings. The quantitative estimate of drug-likeness (QED) is 0.578. The Kier molecular flexibility index (Phi) is 6.42. The molecule has 5 rings (SSSR count). The van der Waals surface area contributed by atoms with Gasteiger partial charge in [-0.1, -0.05) is 29.9 Å². The molecule has 6 heteroatoms. The Bertz CT molecular complexity index is 1210. The van der Waals surface area contributed by atoms with E-state index < -0.39 is 0 Å². The lowest BCUT2D eigenvalue weighted by Crippen LogP contribution is -2.40. The molecule has 2 fully saturated rings. The van der Waals surface area contributed by atoms with Crippen LogP contribution in [0.3, 0.4) is 0 Å². The summed E-state index contributed by atoms with van der Waals surface area (Å²) in [6.07, 6.45) is 11.0. The average Bonchev–Trinajstić information content (AvgIpc) is 3.61. The average molecular weight is 461 g/mol. The highest BCUT2D eigenvalue weighted by Gasteiger charge is 2.27. The molecule has 1 amide bonds. The summed E-state index contributed by atoms with van der Waals surface area (Å²) in [6, 6.07) is 5.85. The molecule has 0 unspecified atom stereocenters. The third-order valence-electron chi connectivity index (χ3n) is 6.80. The van der Waals surface area contributed by atoms with Gasteiger partial charge < -0.3 is 18.9 Å². The van der Waals surface area contributed by atoms with Crippen molar-refractivity contribution in [2.45, 2.75) is 39.7 Å². The summed E-state index contributed by atoms with van der Waals surface area (Å²) in [5, 5.41) is 0. The van der Waals surface area contributed by atoms with Crippen LogP contribution in [-0.4, -0.2) is 48.3 Å². The highest BCUT2D eigenvalue weighted by molar-refractivity contribution is 5.98. The van der Waals surface area contributed by atoms with Crippen molar-refractivity contribution in [3.63, 3.8) is 0 Å². The fourth-order valence-electron chi connectivity index (χ4n) is 4.65. The molecular formula is C28H32N2O4. The summed E-state index contributed by atoms with van der Waals surface area (Å²) in [4.78, 5) is 28.2. The molecule has 1 saturated heterocycles. The van der Waals surface area contributed by atoms with Crippen molar-refractivity contribution in [2.75, 3.05) is 32.9 Å². The van der Waals surface area contributed by atoms with Crippen LogP contribution in [0.25, 0.3) is 17.2 Å². The van der Waals surface area contributed by atoms with Gasteiger partial charge in [0.05, 0.1) is 25.4 Å². The number of carbonyl (C=O) groups is 1. The van der Waals surface area contributed by atoms with Crippen LogP contribution < -0.4 is 10.3 Å². The third kappa shape index (κ3) is 4.60. The highest BCUT2D eigenvalue weighted by atomic mass is 16.5. The number of aromatic nitrogens is 1. The van der Waals surface area contributed by atoms with Gasteiger partial charge in [0.15, 0.2) is 0 Å². The van der Waals surface area contributed by atoms with Crippen LogP contribution in [0.4, 0.5) is 0 Å². The summed E-state index contributed by atoms with van der Waals surface area (Å²) in [6.45, 7) is 7.50. The van der Waals surface area contributed by atoms with Crippen LogP contribution in [0.5, 0.6) is 5.75 Å². The Morgan fingerprint density at radius 2 is 2.03 bits per heavy atom. The smallest absolute Gasteiger partial charge is 0.257 e. The number of allylic oxidation sites excluding steroid dienone is 3. The minimum absolute atomic E-state index is 0.0142. The van der Waals surface area contributed by atoms with Gasteiger partial charge in [-0.3, -0.25) is 9.59 Å². The largest absolute Gasteiger partial charge is 0.492 e. The summed E-state index contributed by atoms with van der Waals surface area (Å²) < 4.78 is 13.4. The first-order valence-corrected chi connectivity index (χ1v) is 12.2. The van der Waals surface area contributed by atoms with Crippen LogP contribution in [0, 0.1) is 5.92 Å². The van der Waals surface area contributed by atoms with Gasteiger partial charge in [-0.05, 0) is 62.3 Å². The maximum absolute atomic E-state index is 13.3. The minimum Gasteiger partial charge on any atom is -0.492 e. The van der Waals surface area contributed by atoms with Gasteiger partial charge in [0.1, 0.15) is 5.75 Å². The Morgan fingerprint density at radius 3 is 2.76 bits per heavy atom. The van der Waals surface area contributed by atoms with Gasteiger partial charge in [-0.2, -0.15) is 0 Å². The number of nitrogens with zero attached hydrogens (tertiary/aromatic N) is 2. The van der Waals surface area contributed by atoms with Gasteiger partial charge >= 0.3 is 0 Å². The number of hydrogen-bond acceptors (Lipinski definition) is 4. The molecule has 0 N–H and O–H groups in total. The molecule has 34 heavy (non-hydrogen) atoms. The van der Waals surface area contributed by atoms with E-state index in [0.717, 1.165) is 22.3 Å². The minimum atomic E-state index is -0.0142. The van der Waals surface area contributed by atoms with Gasteiger partial charge in [0.2, 0.25) is 0 Å². The normalized spacial score (nSPS) is 17.7. The number of pyridine rings is 1. The summed E-state index contributed by atoms with van der Waals surface area (Å²) in [5.41, 5.74) is 5.62. The van der Waals surface area contributed by atoms with E-state index >= 15 is 0 Å². The van der Waals surface area contributed by atoms with Crippen LogP contribution in [0.1, 0.15) is 48.2 Å². The van der Waals surface area contributed by atoms with E-state index in [1.54, 1.807) is 4.57 Å². The number of benzene rings is 1. The Hall–Kier alpha value is -3.12. The summed E-state index contributed by atoms with van der Waals surface area (Å²) in [5.74, 6) is 1.19. The van der Waals surface area contributed by atoms with Crippen molar-refractivity contribution < 1.29 is 14.3 Å². The zero-order valence-electron chi connectivity index (χ0n) is 20.0. The van der Waals surface area contributed by atoms with E-state index in [0.29, 0.717) is 63.1 Å². The predicted octanol–water partition coefficient (Wildman–Crippen LogP) is 4.31. The molecule has 1 aliphatic heterocycles. The summed E-state index contributed by atoms with van der Waals surface area (Å²) in [7, 11) is 0. The topological polar surface area (TPSA) is 60.8 Å². The zero-order valence-corrected chi connectivity index (χ0v) is 20.0. The third-order valence-corrected chi connectivity index (χ3v) is 6.80. The second-order valence-corrected chi connectivity index (χ2v) is 9.50. The van der Waals surface area contributed by atoms with Crippen molar-refractivity contribution in [3.8, 4) is 16.9 Å². The van der Waals surface area contributed by atoms with Crippen LogP contribution >= 0.6 is 0 Å². The number of carbonyl (C=O) groups excluding carboxylic acids is 1. The molecule has 0 bridgehead atoms. The van der Waals surface area contributed by atoms with Crippen LogP contribution in [0.15, 0.2) is 46.9 Å². The molecule has 2 heterocycles. The first kappa shape index (κ1) is 22.7. The predicted molar refractivity (Wildman–Crippen MR) is 133 cm³/mol. The van der Waals surface area contributed by atoms with Crippen molar-refractivity contribution in [1.29, 1.82) is 0 Å². The van der Waals surface area contributed by atoms with Gasteiger partial charge in [0, 0.05) is 37.0 Å². The maximum Gasteiger partial charge on any atom is 0.257 e. The molecule has 2 aliphatic carbocycles. The van der Waals surface area contributed by atoms with Gasteiger partial charge in [-0.15, -0.1) is 0 Å². The first-order chi connectivity index (χ1) is 16.5. The van der Waals surface area contributed by atoms with E-state index in [2.05, 4.69) is 13.0 Å². The number of hydrogen-bond donors (Lipinski definition) is 0. The number of morpholine rings is 1. The lowest BCUT2D eigenvalue weighted by atomic mass is 9.97. The standard InChI is InChI=1S/C28H32N2O4/c1-3-4-9-30-17-25(23-14-19(2)15-24(23)28(30)32)21-7-8-22(26(16-21)34-18-20-5-6-20)27(31)29-10-12-33-13-11-29/h3-4,7-8,14,16-17,20H,5-6,9-13,15,18H2,1-2H3/b4-3+. The molecule has 178 valence electrons. The van der Waals surface area contributed by atoms with Gasteiger partial charge in [-0.25, -0.2) is 0 Å². The molecule has 1 aromatic carbocycles. The van der Waals surface area contributed by atoms with E-state index in [1.807, 2.05) is 48.4 Å². The first-order valence-electron chi connectivity index (χ1n) is 12.2. The van der Waals surface area contributed by atoms with E-state index in [-0.39, 0.29) is 11.5 Å². The number of rotatable bonds is 7. The molecule has 1 aromatic heterocycles. The number of fused-ring (bicyclic) bond motifs is 1. The van der Waals surface area contributed by atoms with Crippen molar-refractivity contribution in [2.24, 2.45) is 5.92 Å². The Morgan fingerprint density at radius 1 is 1.24 bits per heavy atom. The zero-order chi connectivity index (χ0) is 23.7. The lowest BCUT2D eigenvalue weighted by Gasteiger charge is -2.27. The van der Waals surface area contributed by atoms with Crippen LogP contribution in [0.2, 0.25) is 0 Å². The molecule has 0 radical (unpaired) electrons. The molecular weight excluding hydrogens is 428 g/mol. The highest BCUT2D eigenvalue weighted by Crippen LogP contribution is 2.36. The molecule has 1 saturated carbocycles. The Balaban J connectivity index is 1.57. The number of amides is 1. The lowest BCUT2D eigenvalue weighted by molar-refractivity contribution is 0.0300. The molecule has 3 aliphatic rings. The van der Waals surface area contributed by atoms with Crippen molar-refractivity contribution >= 4 is 12.0 Å². The number of ether oxygens (including phenoxy) is 2. The monoisotopic (exact) mass is 460 g/mol. The maximum atomic E-state index is 13.3. The molecule has 0 spiro atoms. The van der Waals surface area contributed by atoms with Crippen molar-refractivity contribution in [1.82, 2.24) is 9.47 Å². The van der Waals surface area contributed by atoms with Crippen molar-refractivity contribution in [3.05, 3.63) is 69.2 Å². The fraction of sp³-hybridized carbons (Fsp3) is 0.429. The Labute approximate surface area is 200 Å². The second kappa shape index (κ2) is 9.63. The fourth-order valence-corrected chi connectivity index (χ4v) is 4.65. The van der Waals surface area contributed by atoms with Gasteiger partial charge in [0.25, 0.3) is 11.5 Å². The second-order valence-electron chi connectivity index (χ2n) is 9.50.